The van der Waals surface area contributed by atoms with E-state index in [2.05, 4.69) is 10.4 Å². The normalized spacial score (nSPS) is 13.2. The van der Waals surface area contributed by atoms with E-state index >= 15 is 0 Å². The van der Waals surface area contributed by atoms with Gasteiger partial charge in [0.2, 0.25) is 0 Å². The Morgan fingerprint density at radius 3 is 2.61 bits per heavy atom. The summed E-state index contributed by atoms with van der Waals surface area (Å²) in [5, 5.41) is 7.07. The Hall–Kier alpha value is -1.52. The number of rotatable bonds is 4. The van der Waals surface area contributed by atoms with Crippen LogP contribution in [0.4, 0.5) is 4.79 Å². The zero-order chi connectivity index (χ0) is 13.8. The van der Waals surface area contributed by atoms with E-state index < -0.39 is 11.7 Å². The van der Waals surface area contributed by atoms with Gasteiger partial charge in [-0.05, 0) is 34.1 Å². The Kier molecular flexibility index (Phi) is 4.76. The standard InChI is InChI=1S/C13H23N3O2/c1-6-11(10-8-14-16(7-2)9-10)15-12(17)18-13(3,4)5/h8-9,11H,6-7H2,1-5H3,(H,15,17). The Morgan fingerprint density at radius 1 is 1.50 bits per heavy atom. The Bertz CT molecular complexity index is 393. The highest BCUT2D eigenvalue weighted by Gasteiger charge is 2.20. The van der Waals surface area contributed by atoms with Crippen LogP contribution in [0.5, 0.6) is 0 Å². The molecule has 0 aliphatic heterocycles. The molecule has 0 aromatic carbocycles. The van der Waals surface area contributed by atoms with Crippen LogP contribution in [0.25, 0.3) is 0 Å². The molecule has 1 aromatic rings. The van der Waals surface area contributed by atoms with Crippen LogP contribution in [0, 0.1) is 0 Å². The zero-order valence-corrected chi connectivity index (χ0v) is 11.9. The van der Waals surface area contributed by atoms with Crippen LogP contribution in [0.15, 0.2) is 12.4 Å². The lowest BCUT2D eigenvalue weighted by Gasteiger charge is -2.22. The van der Waals surface area contributed by atoms with E-state index in [9.17, 15) is 4.79 Å². The van der Waals surface area contributed by atoms with E-state index in [1.54, 1.807) is 6.20 Å². The van der Waals surface area contributed by atoms with E-state index in [1.807, 2.05) is 45.5 Å². The third kappa shape index (κ3) is 4.39. The van der Waals surface area contributed by atoms with Gasteiger partial charge in [-0.15, -0.1) is 0 Å². The predicted octanol–water partition coefficient (Wildman–Crippen LogP) is 2.88. The van der Waals surface area contributed by atoms with Crippen molar-refractivity contribution in [1.82, 2.24) is 15.1 Å². The fourth-order valence-electron chi connectivity index (χ4n) is 1.60. The molecule has 5 heteroatoms. The third-order valence-electron chi connectivity index (χ3n) is 2.48. The highest BCUT2D eigenvalue weighted by molar-refractivity contribution is 5.68. The number of hydrogen-bond donors (Lipinski definition) is 1. The van der Waals surface area contributed by atoms with E-state index in [4.69, 9.17) is 4.74 Å². The fraction of sp³-hybridized carbons (Fsp3) is 0.692. The monoisotopic (exact) mass is 253 g/mol. The maximum absolute atomic E-state index is 11.7. The van der Waals surface area contributed by atoms with Crippen molar-refractivity contribution in [2.45, 2.75) is 59.2 Å². The number of alkyl carbamates (subject to hydrolysis) is 1. The van der Waals surface area contributed by atoms with Crippen LogP contribution >= 0.6 is 0 Å². The summed E-state index contributed by atoms with van der Waals surface area (Å²) in [5.74, 6) is 0. The van der Waals surface area contributed by atoms with Gasteiger partial charge in [0.05, 0.1) is 12.2 Å². The number of nitrogens with zero attached hydrogens (tertiary/aromatic N) is 2. The smallest absolute Gasteiger partial charge is 0.408 e. The van der Waals surface area contributed by atoms with Crippen molar-refractivity contribution in [3.05, 3.63) is 18.0 Å². The van der Waals surface area contributed by atoms with Gasteiger partial charge in [0.1, 0.15) is 5.60 Å². The minimum absolute atomic E-state index is 0.0554. The summed E-state index contributed by atoms with van der Waals surface area (Å²) >= 11 is 0. The molecule has 1 aromatic heterocycles. The molecule has 0 spiro atoms. The van der Waals surface area contributed by atoms with Crippen molar-refractivity contribution < 1.29 is 9.53 Å². The van der Waals surface area contributed by atoms with Gasteiger partial charge in [0.25, 0.3) is 0 Å². The van der Waals surface area contributed by atoms with Crippen LogP contribution < -0.4 is 5.32 Å². The molecule has 0 saturated carbocycles. The van der Waals surface area contributed by atoms with Gasteiger partial charge in [0, 0.05) is 18.3 Å². The van der Waals surface area contributed by atoms with Gasteiger partial charge >= 0.3 is 6.09 Å². The summed E-state index contributed by atoms with van der Waals surface area (Å²) in [5.41, 5.74) is 0.529. The van der Waals surface area contributed by atoms with Crippen molar-refractivity contribution in [2.24, 2.45) is 0 Å². The largest absolute Gasteiger partial charge is 0.444 e. The van der Waals surface area contributed by atoms with Crippen molar-refractivity contribution in [3.8, 4) is 0 Å². The average Bonchev–Trinajstić information content (AvgIpc) is 2.71. The molecule has 0 aliphatic rings. The number of aromatic nitrogens is 2. The van der Waals surface area contributed by atoms with Crippen LogP contribution in [0.3, 0.4) is 0 Å². The first-order valence-electron chi connectivity index (χ1n) is 6.37. The highest BCUT2D eigenvalue weighted by atomic mass is 16.6. The summed E-state index contributed by atoms with van der Waals surface area (Å²) in [6.45, 7) is 10.4. The summed E-state index contributed by atoms with van der Waals surface area (Å²) in [7, 11) is 0. The van der Waals surface area contributed by atoms with Gasteiger partial charge in [0.15, 0.2) is 0 Å². The molecule has 0 bridgehead atoms. The van der Waals surface area contributed by atoms with E-state index in [-0.39, 0.29) is 6.04 Å². The first-order chi connectivity index (χ1) is 8.35. The van der Waals surface area contributed by atoms with Crippen LogP contribution in [0.1, 0.15) is 52.6 Å². The molecule has 0 saturated heterocycles. The molecule has 1 rings (SSSR count). The molecular weight excluding hydrogens is 230 g/mol. The lowest BCUT2D eigenvalue weighted by atomic mass is 10.1. The Labute approximate surface area is 109 Å². The summed E-state index contributed by atoms with van der Waals surface area (Å²) in [6.07, 6.45) is 4.15. The second-order valence-electron chi connectivity index (χ2n) is 5.24. The fourth-order valence-corrected chi connectivity index (χ4v) is 1.60. The quantitative estimate of drug-likeness (QED) is 0.897. The molecule has 0 aliphatic carbocycles. The number of nitrogens with one attached hydrogen (secondary N) is 1. The number of amides is 1. The number of carbonyl (C=O) groups excluding carboxylic acids is 1. The minimum atomic E-state index is -0.476. The average molecular weight is 253 g/mol. The summed E-state index contributed by atoms with van der Waals surface area (Å²) in [4.78, 5) is 11.7. The first-order valence-corrected chi connectivity index (χ1v) is 6.37. The van der Waals surface area contributed by atoms with Crippen molar-refractivity contribution >= 4 is 6.09 Å². The highest BCUT2D eigenvalue weighted by Crippen LogP contribution is 2.17. The van der Waals surface area contributed by atoms with Gasteiger partial charge < -0.3 is 10.1 Å². The minimum Gasteiger partial charge on any atom is -0.444 e. The molecular formula is C13H23N3O2. The molecule has 1 N–H and O–H groups in total. The summed E-state index contributed by atoms with van der Waals surface area (Å²) < 4.78 is 7.09. The van der Waals surface area contributed by atoms with Gasteiger partial charge in [-0.25, -0.2) is 4.79 Å². The number of aryl methyl sites for hydroxylation is 1. The molecule has 1 heterocycles. The maximum atomic E-state index is 11.7. The number of ether oxygens (including phenoxy) is 1. The van der Waals surface area contributed by atoms with Crippen LogP contribution in [-0.4, -0.2) is 21.5 Å². The van der Waals surface area contributed by atoms with Gasteiger partial charge in [-0.3, -0.25) is 4.68 Å². The molecule has 18 heavy (non-hydrogen) atoms. The Balaban J connectivity index is 2.64. The topological polar surface area (TPSA) is 56.1 Å². The predicted molar refractivity (Wildman–Crippen MR) is 70.3 cm³/mol. The molecule has 1 unspecified atom stereocenters. The van der Waals surface area contributed by atoms with E-state index in [1.165, 1.54) is 0 Å². The molecule has 5 nitrogen and oxygen atoms in total. The van der Waals surface area contributed by atoms with Gasteiger partial charge in [-0.2, -0.15) is 5.10 Å². The molecule has 0 radical (unpaired) electrons. The summed E-state index contributed by atoms with van der Waals surface area (Å²) in [6, 6.07) is -0.0554. The van der Waals surface area contributed by atoms with Gasteiger partial charge in [-0.1, -0.05) is 6.92 Å². The molecule has 0 fully saturated rings. The second-order valence-corrected chi connectivity index (χ2v) is 5.24. The Morgan fingerprint density at radius 2 is 2.17 bits per heavy atom. The van der Waals surface area contributed by atoms with Crippen LogP contribution in [0.2, 0.25) is 0 Å². The lowest BCUT2D eigenvalue weighted by molar-refractivity contribution is 0.0502. The van der Waals surface area contributed by atoms with Crippen molar-refractivity contribution in [2.75, 3.05) is 0 Å². The number of hydrogen-bond acceptors (Lipinski definition) is 3. The van der Waals surface area contributed by atoms with Crippen molar-refractivity contribution in [3.63, 3.8) is 0 Å². The molecule has 102 valence electrons. The van der Waals surface area contributed by atoms with E-state index in [0.29, 0.717) is 0 Å². The number of carbonyl (C=O) groups is 1. The lowest BCUT2D eigenvalue weighted by Crippen LogP contribution is -2.34. The SMILES string of the molecule is CCC(NC(=O)OC(C)(C)C)c1cnn(CC)c1. The van der Waals surface area contributed by atoms with E-state index in [0.717, 1.165) is 18.5 Å². The first kappa shape index (κ1) is 14.5. The van der Waals surface area contributed by atoms with Crippen LogP contribution in [-0.2, 0) is 11.3 Å². The third-order valence-corrected chi connectivity index (χ3v) is 2.48. The zero-order valence-electron chi connectivity index (χ0n) is 11.9. The molecule has 1 atom stereocenters. The maximum Gasteiger partial charge on any atom is 0.408 e. The van der Waals surface area contributed by atoms with Crippen molar-refractivity contribution in [1.29, 1.82) is 0 Å². The molecule has 1 amide bonds. The second kappa shape index (κ2) is 5.89.